The van der Waals surface area contributed by atoms with Gasteiger partial charge in [0, 0.05) is 13.2 Å². The number of carbonyl (C=O) groups excluding carboxylic acids is 1. The van der Waals surface area contributed by atoms with Gasteiger partial charge >= 0.3 is 6.03 Å². The predicted molar refractivity (Wildman–Crippen MR) is 35.3 cm³/mol. The van der Waals surface area contributed by atoms with Gasteiger partial charge in [-0.1, -0.05) is 0 Å². The lowest BCUT2D eigenvalue weighted by Crippen LogP contribution is -2.47. The van der Waals surface area contributed by atoms with Crippen LogP contribution >= 0.6 is 0 Å². The molecule has 6 nitrogen and oxygen atoms in total. The van der Waals surface area contributed by atoms with Gasteiger partial charge in [-0.05, 0) is 6.42 Å². The Morgan fingerprint density at radius 3 is 2.70 bits per heavy atom. The number of aliphatic hydroxyl groups is 1. The number of rotatable bonds is 3. The summed E-state index contributed by atoms with van der Waals surface area (Å²) in [4.78, 5) is 10.5. The molecular weight excluding hydrogens is 136 g/mol. The van der Waals surface area contributed by atoms with Gasteiger partial charge < -0.3 is 5.11 Å². The molecule has 60 valence electrons. The highest BCUT2D eigenvalue weighted by molar-refractivity contribution is 5.72. The molecule has 0 aliphatic carbocycles. The zero-order valence-corrected chi connectivity index (χ0v) is 5.58. The van der Waals surface area contributed by atoms with Gasteiger partial charge in [-0.25, -0.2) is 16.5 Å². The van der Waals surface area contributed by atoms with E-state index in [1.54, 1.807) is 0 Å². The molecule has 0 aromatic heterocycles. The highest BCUT2D eigenvalue weighted by Crippen LogP contribution is 1.81. The topological polar surface area (TPSA) is 105 Å². The Morgan fingerprint density at radius 2 is 2.30 bits per heavy atom. The second-order valence-corrected chi connectivity index (χ2v) is 1.72. The van der Waals surface area contributed by atoms with E-state index in [0.717, 1.165) is 5.01 Å². The van der Waals surface area contributed by atoms with Gasteiger partial charge in [0.1, 0.15) is 0 Å². The van der Waals surface area contributed by atoms with Crippen LogP contribution in [-0.2, 0) is 0 Å². The number of urea groups is 1. The lowest BCUT2D eigenvalue weighted by atomic mass is 10.4. The quantitative estimate of drug-likeness (QED) is 0.214. The van der Waals surface area contributed by atoms with E-state index >= 15 is 0 Å². The molecule has 0 heterocycles. The van der Waals surface area contributed by atoms with Crippen LogP contribution in [0.3, 0.4) is 0 Å². The average molecular weight is 148 g/mol. The number of hydrazine groups is 2. The molecule has 0 fully saturated rings. The molecule has 0 aromatic carbocycles. The van der Waals surface area contributed by atoms with Crippen LogP contribution in [0.4, 0.5) is 4.79 Å². The number of hydrogen-bond donors (Lipinski definition) is 4. The minimum Gasteiger partial charge on any atom is -0.396 e. The molecule has 10 heavy (non-hydrogen) atoms. The first-order valence-electron chi connectivity index (χ1n) is 2.86. The summed E-state index contributed by atoms with van der Waals surface area (Å²) < 4.78 is 0. The number of nitrogens with two attached hydrogens (primary N) is 2. The van der Waals surface area contributed by atoms with Crippen LogP contribution < -0.4 is 17.1 Å². The third kappa shape index (κ3) is 3.23. The van der Waals surface area contributed by atoms with Crippen LogP contribution in [0.15, 0.2) is 0 Å². The second kappa shape index (κ2) is 4.98. The van der Waals surface area contributed by atoms with Gasteiger partial charge in [-0.2, -0.15) is 0 Å². The van der Waals surface area contributed by atoms with Crippen molar-refractivity contribution in [2.24, 2.45) is 11.7 Å². The molecule has 6 heteroatoms. The summed E-state index contributed by atoms with van der Waals surface area (Å²) in [5.74, 6) is 9.90. The first-order chi connectivity index (χ1) is 4.72. The van der Waals surface area contributed by atoms with Crippen molar-refractivity contribution in [1.82, 2.24) is 10.4 Å². The van der Waals surface area contributed by atoms with Gasteiger partial charge in [0.15, 0.2) is 0 Å². The minimum absolute atomic E-state index is 0.00551. The standard InChI is InChI=1S/C4H12N4O2/c5-7-4(10)8(6)2-1-3-9/h9H,1-3,5-6H2,(H,7,10). The van der Waals surface area contributed by atoms with Crippen molar-refractivity contribution in [2.75, 3.05) is 13.2 Å². The Balaban J connectivity index is 3.41. The molecule has 0 aromatic rings. The lowest BCUT2D eigenvalue weighted by molar-refractivity contribution is 0.191. The summed E-state index contributed by atoms with van der Waals surface area (Å²) in [6, 6.07) is -0.562. The molecule has 6 N–H and O–H groups in total. The summed E-state index contributed by atoms with van der Waals surface area (Å²) in [5, 5.41) is 9.22. The van der Waals surface area contributed by atoms with Gasteiger partial charge in [0.2, 0.25) is 0 Å². The van der Waals surface area contributed by atoms with Crippen LogP contribution in [0.1, 0.15) is 6.42 Å². The first kappa shape index (κ1) is 9.15. The van der Waals surface area contributed by atoms with Crippen LogP contribution in [0.2, 0.25) is 0 Å². The fourth-order valence-electron chi connectivity index (χ4n) is 0.426. The third-order valence-corrected chi connectivity index (χ3v) is 0.941. The van der Waals surface area contributed by atoms with Crippen molar-refractivity contribution in [2.45, 2.75) is 6.42 Å². The van der Waals surface area contributed by atoms with E-state index in [2.05, 4.69) is 0 Å². The molecular formula is C4H12N4O2. The smallest absolute Gasteiger partial charge is 0.345 e. The van der Waals surface area contributed by atoms with Gasteiger partial charge in [-0.3, -0.25) is 10.4 Å². The number of nitrogens with one attached hydrogen (secondary N) is 1. The number of hydrogen-bond acceptors (Lipinski definition) is 4. The Kier molecular flexibility index (Phi) is 4.55. The van der Waals surface area contributed by atoms with E-state index in [0.29, 0.717) is 13.0 Å². The second-order valence-electron chi connectivity index (χ2n) is 1.72. The molecule has 0 spiro atoms. The third-order valence-electron chi connectivity index (χ3n) is 0.941. The van der Waals surface area contributed by atoms with Crippen molar-refractivity contribution in [3.05, 3.63) is 0 Å². The highest BCUT2D eigenvalue weighted by Gasteiger charge is 2.04. The Hall–Kier alpha value is -0.850. The molecule has 0 aliphatic heterocycles. The summed E-state index contributed by atoms with van der Waals surface area (Å²) in [6.07, 6.45) is 0.448. The van der Waals surface area contributed by atoms with E-state index in [-0.39, 0.29) is 6.61 Å². The van der Waals surface area contributed by atoms with E-state index in [4.69, 9.17) is 16.8 Å². The lowest BCUT2D eigenvalue weighted by Gasteiger charge is -2.13. The van der Waals surface area contributed by atoms with E-state index in [1.165, 1.54) is 0 Å². The first-order valence-corrected chi connectivity index (χ1v) is 2.86. The SMILES string of the molecule is NNC(=O)N(N)CCCO. The Bertz CT molecular complexity index is 107. The van der Waals surface area contributed by atoms with Crippen molar-refractivity contribution in [3.63, 3.8) is 0 Å². The molecule has 0 bridgehead atoms. The van der Waals surface area contributed by atoms with Crippen LogP contribution in [0, 0.1) is 0 Å². The summed E-state index contributed by atoms with van der Waals surface area (Å²) in [7, 11) is 0. The molecule has 0 aliphatic rings. The van der Waals surface area contributed by atoms with Crippen LogP contribution in [-0.4, -0.2) is 29.3 Å². The number of nitrogens with zero attached hydrogens (tertiary/aromatic N) is 1. The zero-order chi connectivity index (χ0) is 7.98. The van der Waals surface area contributed by atoms with E-state index in [9.17, 15) is 4.79 Å². The number of carbonyl (C=O) groups is 1. The molecule has 0 unspecified atom stereocenters. The molecule has 0 atom stereocenters. The fraction of sp³-hybridized carbons (Fsp3) is 0.750. The van der Waals surface area contributed by atoms with Crippen molar-refractivity contribution in [1.29, 1.82) is 0 Å². The highest BCUT2D eigenvalue weighted by atomic mass is 16.3. The monoisotopic (exact) mass is 148 g/mol. The van der Waals surface area contributed by atoms with Crippen molar-refractivity contribution in [3.8, 4) is 0 Å². The van der Waals surface area contributed by atoms with E-state index in [1.807, 2.05) is 5.43 Å². The van der Waals surface area contributed by atoms with E-state index < -0.39 is 6.03 Å². The molecule has 0 saturated heterocycles. The maximum absolute atomic E-state index is 10.5. The summed E-state index contributed by atoms with van der Waals surface area (Å²) in [5.41, 5.74) is 1.85. The molecule has 0 radical (unpaired) electrons. The van der Waals surface area contributed by atoms with Crippen LogP contribution in [0.5, 0.6) is 0 Å². The molecule has 0 rings (SSSR count). The van der Waals surface area contributed by atoms with Crippen LogP contribution in [0.25, 0.3) is 0 Å². The maximum atomic E-state index is 10.5. The molecule has 2 amide bonds. The Labute approximate surface area is 58.7 Å². The maximum Gasteiger partial charge on any atom is 0.345 e. The van der Waals surface area contributed by atoms with Crippen molar-refractivity contribution >= 4 is 6.03 Å². The summed E-state index contributed by atoms with van der Waals surface area (Å²) in [6.45, 7) is 0.297. The van der Waals surface area contributed by atoms with Crippen molar-refractivity contribution < 1.29 is 9.90 Å². The minimum atomic E-state index is -0.562. The normalized spacial score (nSPS) is 9.10. The number of amides is 2. The Morgan fingerprint density at radius 1 is 1.70 bits per heavy atom. The predicted octanol–water partition coefficient (Wildman–Crippen LogP) is -1.87. The average Bonchev–Trinajstić information content (AvgIpc) is 1.98. The zero-order valence-electron chi connectivity index (χ0n) is 5.58. The largest absolute Gasteiger partial charge is 0.396 e. The number of aliphatic hydroxyl groups excluding tert-OH is 1. The van der Waals surface area contributed by atoms with Gasteiger partial charge in [0.25, 0.3) is 0 Å². The van der Waals surface area contributed by atoms with Gasteiger partial charge in [-0.15, -0.1) is 0 Å². The fourth-order valence-corrected chi connectivity index (χ4v) is 0.426. The molecule has 0 saturated carbocycles. The van der Waals surface area contributed by atoms with Gasteiger partial charge in [0.05, 0.1) is 0 Å². The summed E-state index contributed by atoms with van der Waals surface area (Å²) >= 11 is 0.